The van der Waals surface area contributed by atoms with Crippen LogP contribution in [0.2, 0.25) is 0 Å². The lowest BCUT2D eigenvalue weighted by atomic mass is 10.1. The topological polar surface area (TPSA) is 92.4 Å². The first kappa shape index (κ1) is 12.8. The van der Waals surface area contributed by atoms with E-state index in [0.717, 1.165) is 5.56 Å². The van der Waals surface area contributed by atoms with Gasteiger partial charge in [-0.2, -0.15) is 0 Å². The number of rotatable bonds is 3. The number of aryl methyl sites for hydroxylation is 1. The number of benzene rings is 1. The molecule has 0 saturated carbocycles. The minimum atomic E-state index is -1.08. The number of amides is 1. The highest BCUT2D eigenvalue weighted by Gasteiger charge is 2.14. The Kier molecular flexibility index (Phi) is 3.33. The van der Waals surface area contributed by atoms with Crippen LogP contribution in [0, 0.1) is 13.8 Å². The Hall–Kier alpha value is -2.63. The lowest BCUT2D eigenvalue weighted by Gasteiger charge is -2.03. The monoisotopic (exact) mass is 260 g/mol. The molecule has 0 spiro atoms. The van der Waals surface area contributed by atoms with Crippen LogP contribution < -0.4 is 5.32 Å². The highest BCUT2D eigenvalue weighted by atomic mass is 16.5. The lowest BCUT2D eigenvalue weighted by Crippen LogP contribution is -2.13. The Morgan fingerprint density at radius 2 is 1.95 bits per heavy atom. The Balaban J connectivity index is 2.23. The number of carbonyl (C=O) groups is 2. The van der Waals surface area contributed by atoms with Crippen molar-refractivity contribution in [1.29, 1.82) is 0 Å². The van der Waals surface area contributed by atoms with Crippen molar-refractivity contribution < 1.29 is 19.2 Å². The highest BCUT2D eigenvalue weighted by Crippen LogP contribution is 2.18. The van der Waals surface area contributed by atoms with Gasteiger partial charge in [-0.05, 0) is 32.0 Å². The molecule has 0 saturated heterocycles. The fraction of sp³-hybridized carbons (Fsp3) is 0.154. The van der Waals surface area contributed by atoms with Crippen molar-refractivity contribution in [3.63, 3.8) is 0 Å². The van der Waals surface area contributed by atoms with Crippen molar-refractivity contribution in [3.8, 4) is 0 Å². The Morgan fingerprint density at radius 3 is 2.53 bits per heavy atom. The summed E-state index contributed by atoms with van der Waals surface area (Å²) >= 11 is 0. The Labute approximate surface area is 109 Å². The first-order chi connectivity index (χ1) is 8.99. The fourth-order valence-corrected chi connectivity index (χ4v) is 1.50. The maximum absolute atomic E-state index is 12.0. The zero-order chi connectivity index (χ0) is 14.0. The van der Waals surface area contributed by atoms with Gasteiger partial charge >= 0.3 is 5.97 Å². The van der Waals surface area contributed by atoms with Gasteiger partial charge in [0.15, 0.2) is 0 Å². The van der Waals surface area contributed by atoms with Crippen LogP contribution in [0.1, 0.15) is 32.0 Å². The van der Waals surface area contributed by atoms with Crippen LogP contribution in [0.25, 0.3) is 0 Å². The zero-order valence-electron chi connectivity index (χ0n) is 10.4. The van der Waals surface area contributed by atoms with Gasteiger partial charge in [0.1, 0.15) is 0 Å². The number of hydrogen-bond donors (Lipinski definition) is 2. The summed E-state index contributed by atoms with van der Waals surface area (Å²) in [6.45, 7) is 3.54. The van der Waals surface area contributed by atoms with E-state index in [9.17, 15) is 9.59 Å². The smallest absolute Gasteiger partial charge is 0.335 e. The average Bonchev–Trinajstić information content (AvgIpc) is 2.71. The molecule has 2 rings (SSSR count). The molecule has 0 fully saturated rings. The maximum atomic E-state index is 12.0. The van der Waals surface area contributed by atoms with Crippen molar-refractivity contribution in [2.24, 2.45) is 0 Å². The summed E-state index contributed by atoms with van der Waals surface area (Å²) in [7, 11) is 0. The quantitative estimate of drug-likeness (QED) is 0.882. The van der Waals surface area contributed by atoms with Crippen LogP contribution in [0.3, 0.4) is 0 Å². The number of carboxylic acid groups (broad SMARTS) is 1. The summed E-state index contributed by atoms with van der Waals surface area (Å²) in [4.78, 5) is 22.8. The molecule has 1 amide bonds. The van der Waals surface area contributed by atoms with E-state index in [2.05, 4.69) is 10.5 Å². The number of carboxylic acids is 1. The third-order valence-electron chi connectivity index (χ3n) is 2.76. The molecule has 0 unspecified atom stereocenters. The number of hydrogen-bond acceptors (Lipinski definition) is 4. The van der Waals surface area contributed by atoms with E-state index in [1.54, 1.807) is 13.8 Å². The number of nitrogens with one attached hydrogen (secondary N) is 1. The first-order valence-corrected chi connectivity index (χ1v) is 5.56. The molecule has 1 heterocycles. The van der Waals surface area contributed by atoms with Crippen molar-refractivity contribution >= 4 is 17.8 Å². The van der Waals surface area contributed by atoms with E-state index in [0.29, 0.717) is 5.69 Å². The van der Waals surface area contributed by atoms with Crippen molar-refractivity contribution in [3.05, 3.63) is 46.6 Å². The number of carbonyl (C=O) groups excluding carboxylic acids is 1. The van der Waals surface area contributed by atoms with E-state index >= 15 is 0 Å². The van der Waals surface area contributed by atoms with Gasteiger partial charge < -0.3 is 9.63 Å². The molecule has 0 radical (unpaired) electrons. The maximum Gasteiger partial charge on any atom is 0.335 e. The molecule has 2 N–H and O–H groups in total. The Morgan fingerprint density at radius 1 is 1.26 bits per heavy atom. The predicted molar refractivity (Wildman–Crippen MR) is 67.3 cm³/mol. The molecular formula is C13H12N2O4. The summed E-state index contributed by atoms with van der Waals surface area (Å²) < 4.78 is 4.97. The third kappa shape index (κ3) is 2.62. The second-order valence-corrected chi connectivity index (χ2v) is 4.06. The van der Waals surface area contributed by atoms with Crippen LogP contribution in [0.15, 0.2) is 28.8 Å². The van der Waals surface area contributed by atoms with Gasteiger partial charge in [0.2, 0.25) is 5.88 Å². The average molecular weight is 260 g/mol. The van der Waals surface area contributed by atoms with Crippen LogP contribution in [-0.2, 0) is 0 Å². The molecule has 0 aliphatic heterocycles. The van der Waals surface area contributed by atoms with Gasteiger partial charge in [-0.3, -0.25) is 10.1 Å². The molecule has 2 aromatic rings. The summed E-state index contributed by atoms with van der Waals surface area (Å²) in [5.74, 6) is -1.26. The molecule has 98 valence electrons. The number of nitrogens with zero attached hydrogens (tertiary/aromatic N) is 1. The van der Waals surface area contributed by atoms with Crippen molar-refractivity contribution in [2.45, 2.75) is 13.8 Å². The van der Waals surface area contributed by atoms with Crippen molar-refractivity contribution in [2.75, 3.05) is 5.32 Å². The fourth-order valence-electron chi connectivity index (χ4n) is 1.50. The standard InChI is InChI=1S/C13H12N2O4/c1-7-8(2)15-19-12(7)14-11(16)9-4-3-5-10(6-9)13(17)18/h3-6H,1-2H3,(H,14,16)(H,17,18). The SMILES string of the molecule is Cc1noc(NC(=O)c2cccc(C(=O)O)c2)c1C. The van der Waals surface area contributed by atoms with Crippen molar-refractivity contribution in [1.82, 2.24) is 5.16 Å². The van der Waals surface area contributed by atoms with E-state index in [1.165, 1.54) is 24.3 Å². The molecule has 0 aliphatic carbocycles. The summed E-state index contributed by atoms with van der Waals surface area (Å²) in [5.41, 5.74) is 1.73. The number of anilines is 1. The third-order valence-corrected chi connectivity index (χ3v) is 2.76. The number of aromatic nitrogens is 1. The molecule has 0 atom stereocenters. The van der Waals surface area contributed by atoms with Crippen LogP contribution in [-0.4, -0.2) is 22.1 Å². The first-order valence-electron chi connectivity index (χ1n) is 5.56. The van der Waals surface area contributed by atoms with E-state index in [4.69, 9.17) is 9.63 Å². The minimum Gasteiger partial charge on any atom is -0.478 e. The lowest BCUT2D eigenvalue weighted by molar-refractivity contribution is 0.0697. The summed E-state index contributed by atoms with van der Waals surface area (Å²) in [6, 6.07) is 5.76. The zero-order valence-corrected chi connectivity index (χ0v) is 10.4. The molecular weight excluding hydrogens is 248 g/mol. The predicted octanol–water partition coefficient (Wildman–Crippen LogP) is 2.24. The van der Waals surface area contributed by atoms with Gasteiger partial charge in [-0.25, -0.2) is 4.79 Å². The minimum absolute atomic E-state index is 0.0538. The van der Waals surface area contributed by atoms with Crippen LogP contribution in [0.5, 0.6) is 0 Å². The van der Waals surface area contributed by atoms with Gasteiger partial charge in [0.05, 0.1) is 11.3 Å². The molecule has 6 nitrogen and oxygen atoms in total. The van der Waals surface area contributed by atoms with Gasteiger partial charge in [0.25, 0.3) is 5.91 Å². The van der Waals surface area contributed by atoms with Gasteiger partial charge in [0, 0.05) is 11.1 Å². The molecule has 1 aromatic carbocycles. The highest BCUT2D eigenvalue weighted by molar-refractivity contribution is 6.05. The van der Waals surface area contributed by atoms with Crippen LogP contribution >= 0.6 is 0 Å². The molecule has 0 aliphatic rings. The van der Waals surface area contributed by atoms with Crippen LogP contribution in [0.4, 0.5) is 5.88 Å². The Bertz CT molecular complexity index is 646. The van der Waals surface area contributed by atoms with Gasteiger partial charge in [-0.1, -0.05) is 11.2 Å². The number of aromatic carboxylic acids is 1. The van der Waals surface area contributed by atoms with E-state index < -0.39 is 11.9 Å². The molecule has 19 heavy (non-hydrogen) atoms. The molecule has 0 bridgehead atoms. The molecule has 6 heteroatoms. The normalized spacial score (nSPS) is 10.2. The second-order valence-electron chi connectivity index (χ2n) is 4.06. The van der Waals surface area contributed by atoms with E-state index in [-0.39, 0.29) is 17.0 Å². The van der Waals surface area contributed by atoms with E-state index in [1.807, 2.05) is 0 Å². The molecule has 1 aromatic heterocycles. The summed E-state index contributed by atoms with van der Waals surface area (Å²) in [6.07, 6.45) is 0. The summed E-state index contributed by atoms with van der Waals surface area (Å²) in [5, 5.41) is 15.1. The second kappa shape index (κ2) is 4.93. The van der Waals surface area contributed by atoms with Gasteiger partial charge in [-0.15, -0.1) is 0 Å². The largest absolute Gasteiger partial charge is 0.478 e.